The lowest BCUT2D eigenvalue weighted by Gasteiger charge is -2.20. The van der Waals surface area contributed by atoms with Crippen LogP contribution in [0.3, 0.4) is 0 Å². The summed E-state index contributed by atoms with van der Waals surface area (Å²) in [6.07, 6.45) is 0.554. The Hall–Kier alpha value is -3.34. The highest BCUT2D eigenvalue weighted by Crippen LogP contribution is 2.33. The molecule has 0 radical (unpaired) electrons. The molecule has 1 N–H and O–H groups in total. The molecular formula is C23H24N2O3. The highest BCUT2D eigenvalue weighted by molar-refractivity contribution is 6.01. The summed E-state index contributed by atoms with van der Waals surface area (Å²) in [5.74, 6) is -0.0421. The van der Waals surface area contributed by atoms with Crippen molar-refractivity contribution in [3.8, 4) is 22.7 Å². The van der Waals surface area contributed by atoms with Crippen molar-refractivity contribution in [2.75, 3.05) is 6.61 Å². The van der Waals surface area contributed by atoms with E-state index in [1.165, 1.54) is 0 Å². The summed E-state index contributed by atoms with van der Waals surface area (Å²) < 4.78 is 1.65. The zero-order chi connectivity index (χ0) is 20.1. The average molecular weight is 376 g/mol. The molecule has 0 atom stereocenters. The molecule has 0 saturated heterocycles. The third-order valence-electron chi connectivity index (χ3n) is 4.56. The maximum Gasteiger partial charge on any atom is 0.268 e. The van der Waals surface area contributed by atoms with Gasteiger partial charge in [0.05, 0.1) is 11.4 Å². The van der Waals surface area contributed by atoms with Gasteiger partial charge in [0.15, 0.2) is 0 Å². The number of nitrogens with zero attached hydrogens (tertiary/aromatic N) is 2. The first-order valence-electron chi connectivity index (χ1n) is 9.38. The Labute approximate surface area is 164 Å². The minimum atomic E-state index is -0.333. The third-order valence-corrected chi connectivity index (χ3v) is 4.56. The Morgan fingerprint density at radius 3 is 2.21 bits per heavy atom. The average Bonchev–Trinajstić information content (AvgIpc) is 2.73. The van der Waals surface area contributed by atoms with Crippen molar-refractivity contribution in [1.29, 1.82) is 0 Å². The first-order valence-corrected chi connectivity index (χ1v) is 9.38. The van der Waals surface area contributed by atoms with E-state index in [4.69, 9.17) is 4.84 Å². The van der Waals surface area contributed by atoms with Crippen molar-refractivity contribution in [2.45, 2.75) is 27.2 Å². The number of aromatic hydroxyl groups is 1. The van der Waals surface area contributed by atoms with Crippen molar-refractivity contribution in [1.82, 2.24) is 4.57 Å². The number of pyridine rings is 1. The Balaban J connectivity index is 2.45. The number of rotatable bonds is 6. The second-order valence-electron chi connectivity index (χ2n) is 6.34. The Kier molecular flexibility index (Phi) is 5.94. The predicted molar refractivity (Wildman–Crippen MR) is 112 cm³/mol. The van der Waals surface area contributed by atoms with Gasteiger partial charge >= 0.3 is 0 Å². The van der Waals surface area contributed by atoms with Gasteiger partial charge in [0.1, 0.15) is 17.9 Å². The molecule has 3 aromatic rings. The van der Waals surface area contributed by atoms with Crippen LogP contribution in [-0.2, 0) is 11.3 Å². The Bertz CT molecular complexity index is 1040. The molecule has 28 heavy (non-hydrogen) atoms. The highest BCUT2D eigenvalue weighted by Gasteiger charge is 2.24. The van der Waals surface area contributed by atoms with E-state index in [0.717, 1.165) is 11.3 Å². The van der Waals surface area contributed by atoms with Crippen molar-refractivity contribution in [2.24, 2.45) is 5.16 Å². The predicted octanol–water partition coefficient (Wildman–Crippen LogP) is 4.53. The number of para-hydroxylation sites is 1. The summed E-state index contributed by atoms with van der Waals surface area (Å²) in [5, 5.41) is 15.0. The zero-order valence-electron chi connectivity index (χ0n) is 16.3. The van der Waals surface area contributed by atoms with Crippen LogP contribution in [0.15, 0.2) is 70.6 Å². The summed E-state index contributed by atoms with van der Waals surface area (Å²) in [5.41, 5.74) is 3.14. The lowest BCUT2D eigenvalue weighted by molar-refractivity contribution is 0.159. The van der Waals surface area contributed by atoms with Crippen LogP contribution in [0, 0.1) is 0 Å². The fourth-order valence-corrected chi connectivity index (χ4v) is 3.30. The van der Waals surface area contributed by atoms with Gasteiger partial charge in [-0.15, -0.1) is 0 Å². The van der Waals surface area contributed by atoms with Gasteiger partial charge in [-0.05, 0) is 38.0 Å². The second-order valence-corrected chi connectivity index (χ2v) is 6.34. The molecule has 0 aliphatic rings. The van der Waals surface area contributed by atoms with E-state index in [0.29, 0.717) is 30.0 Å². The topological polar surface area (TPSA) is 63.8 Å². The molecule has 1 aromatic heterocycles. The van der Waals surface area contributed by atoms with Crippen LogP contribution in [0.4, 0.5) is 0 Å². The maximum absolute atomic E-state index is 13.5. The van der Waals surface area contributed by atoms with E-state index in [-0.39, 0.29) is 16.9 Å². The molecule has 0 amide bonds. The summed E-state index contributed by atoms with van der Waals surface area (Å²) >= 11 is 0. The third kappa shape index (κ3) is 3.56. The molecule has 3 rings (SSSR count). The van der Waals surface area contributed by atoms with Gasteiger partial charge in [-0.3, -0.25) is 9.36 Å². The fourth-order valence-electron chi connectivity index (χ4n) is 3.30. The molecule has 1 heterocycles. The molecule has 0 bridgehead atoms. The molecular weight excluding hydrogens is 352 g/mol. The molecule has 144 valence electrons. The molecule has 2 aromatic carbocycles. The number of aromatic nitrogens is 1. The van der Waals surface area contributed by atoms with Crippen molar-refractivity contribution >= 4 is 5.71 Å². The molecule has 0 aliphatic heterocycles. The van der Waals surface area contributed by atoms with Gasteiger partial charge in [-0.1, -0.05) is 60.6 Å². The van der Waals surface area contributed by atoms with Crippen LogP contribution in [0.25, 0.3) is 16.9 Å². The molecule has 5 nitrogen and oxygen atoms in total. The first kappa shape index (κ1) is 19.4. The standard InChI is InChI=1S/C23H24N2O3/c1-4-19-21(17-12-8-6-9-13-17)25(18-14-10-7-11-15-18)23(27)20(22(19)26)16(3)24-28-5-2/h6-15,26H,4-5H2,1-3H3/b24-16+. The Morgan fingerprint density at radius 1 is 1.04 bits per heavy atom. The lowest BCUT2D eigenvalue weighted by atomic mass is 9.98. The normalized spacial score (nSPS) is 11.5. The van der Waals surface area contributed by atoms with Crippen LogP contribution >= 0.6 is 0 Å². The molecule has 5 heteroatoms. The number of hydrogen-bond donors (Lipinski definition) is 1. The van der Waals surface area contributed by atoms with Crippen LogP contribution in [0.2, 0.25) is 0 Å². The van der Waals surface area contributed by atoms with Crippen LogP contribution < -0.4 is 5.56 Å². The maximum atomic E-state index is 13.5. The minimum Gasteiger partial charge on any atom is -0.507 e. The monoisotopic (exact) mass is 376 g/mol. The van der Waals surface area contributed by atoms with E-state index in [2.05, 4.69) is 5.16 Å². The van der Waals surface area contributed by atoms with Gasteiger partial charge in [-0.2, -0.15) is 0 Å². The van der Waals surface area contributed by atoms with Crippen LogP contribution in [-0.4, -0.2) is 22.0 Å². The van der Waals surface area contributed by atoms with E-state index < -0.39 is 0 Å². The van der Waals surface area contributed by atoms with Crippen molar-refractivity contribution in [3.63, 3.8) is 0 Å². The summed E-state index contributed by atoms with van der Waals surface area (Å²) in [6.45, 7) is 5.83. The van der Waals surface area contributed by atoms with Gasteiger partial charge in [0, 0.05) is 11.3 Å². The van der Waals surface area contributed by atoms with E-state index in [9.17, 15) is 9.90 Å². The second kappa shape index (κ2) is 8.57. The molecule has 0 unspecified atom stereocenters. The number of benzene rings is 2. The number of oxime groups is 1. The quantitative estimate of drug-likeness (QED) is 0.508. The minimum absolute atomic E-state index is 0.0421. The van der Waals surface area contributed by atoms with E-state index >= 15 is 0 Å². The molecule has 0 saturated carbocycles. The van der Waals surface area contributed by atoms with Crippen LogP contribution in [0.1, 0.15) is 31.9 Å². The highest BCUT2D eigenvalue weighted by atomic mass is 16.6. The summed E-state index contributed by atoms with van der Waals surface area (Å²) in [6, 6.07) is 19.1. The van der Waals surface area contributed by atoms with Crippen molar-refractivity contribution in [3.05, 3.63) is 82.1 Å². The fraction of sp³-hybridized carbons (Fsp3) is 0.217. The SMILES string of the molecule is CCO/N=C(\C)c1c(O)c(CC)c(-c2ccccc2)n(-c2ccccc2)c1=O. The molecule has 0 spiro atoms. The zero-order valence-corrected chi connectivity index (χ0v) is 16.3. The molecule has 0 fully saturated rings. The van der Waals surface area contributed by atoms with Gasteiger partial charge in [-0.25, -0.2) is 0 Å². The lowest BCUT2D eigenvalue weighted by Crippen LogP contribution is -2.28. The van der Waals surface area contributed by atoms with E-state index in [1.54, 1.807) is 11.5 Å². The van der Waals surface area contributed by atoms with E-state index in [1.807, 2.05) is 74.5 Å². The van der Waals surface area contributed by atoms with Crippen LogP contribution in [0.5, 0.6) is 5.75 Å². The largest absolute Gasteiger partial charge is 0.507 e. The van der Waals surface area contributed by atoms with Gasteiger partial charge < -0.3 is 9.94 Å². The number of hydrogen-bond acceptors (Lipinski definition) is 4. The smallest absolute Gasteiger partial charge is 0.268 e. The summed E-state index contributed by atoms with van der Waals surface area (Å²) in [7, 11) is 0. The first-order chi connectivity index (χ1) is 13.6. The van der Waals surface area contributed by atoms with Crippen molar-refractivity contribution < 1.29 is 9.94 Å². The van der Waals surface area contributed by atoms with Gasteiger partial charge in [0.25, 0.3) is 5.56 Å². The summed E-state index contributed by atoms with van der Waals surface area (Å²) in [4.78, 5) is 18.6. The molecule has 0 aliphatic carbocycles. The van der Waals surface area contributed by atoms with Gasteiger partial charge in [0.2, 0.25) is 0 Å². The Morgan fingerprint density at radius 2 is 1.64 bits per heavy atom.